The van der Waals surface area contributed by atoms with Gasteiger partial charge in [0.15, 0.2) is 0 Å². The average molecular weight is 289 g/mol. The van der Waals surface area contributed by atoms with Crippen LogP contribution in [0.25, 0.3) is 0 Å². The molecule has 108 valence electrons. The molecule has 1 fully saturated rings. The second-order valence-corrected chi connectivity index (χ2v) is 4.58. The molecular weight excluding hydrogens is 268 g/mol. The first-order valence-corrected chi connectivity index (χ1v) is 6.33. The number of nitrogens with one attached hydrogen (secondary N) is 1. The van der Waals surface area contributed by atoms with Crippen LogP contribution >= 0.6 is 12.4 Å². The van der Waals surface area contributed by atoms with E-state index in [1.807, 2.05) is 6.92 Å². The monoisotopic (exact) mass is 288 g/mol. The molecule has 0 bridgehead atoms. The van der Waals surface area contributed by atoms with Gasteiger partial charge in [-0.15, -0.1) is 12.4 Å². The highest BCUT2D eigenvalue weighted by Gasteiger charge is 2.39. The molecule has 3 N–H and O–H groups in total. The van der Waals surface area contributed by atoms with Gasteiger partial charge in [0.05, 0.1) is 11.6 Å². The molecule has 19 heavy (non-hydrogen) atoms. The summed E-state index contributed by atoms with van der Waals surface area (Å²) in [6.45, 7) is 4.24. The summed E-state index contributed by atoms with van der Waals surface area (Å²) in [6, 6.07) is 1.80. The maximum Gasteiger partial charge on any atom is 0.233 e. The van der Waals surface area contributed by atoms with Crippen molar-refractivity contribution in [3.05, 3.63) is 12.3 Å². The summed E-state index contributed by atoms with van der Waals surface area (Å²) in [5, 5.41) is 7.06. The molecule has 0 saturated carbocycles. The average Bonchev–Trinajstić information content (AvgIpc) is 2.86. The molecule has 0 aromatic carbocycles. The molecule has 2 rings (SSSR count). The zero-order valence-electron chi connectivity index (χ0n) is 11.1. The van der Waals surface area contributed by atoms with Crippen molar-refractivity contribution in [1.29, 1.82) is 0 Å². The molecule has 0 spiro atoms. The third kappa shape index (κ3) is 3.26. The first kappa shape index (κ1) is 15.9. The van der Waals surface area contributed by atoms with Crippen LogP contribution in [-0.2, 0) is 16.1 Å². The number of rotatable bonds is 4. The fourth-order valence-corrected chi connectivity index (χ4v) is 2.23. The zero-order chi connectivity index (χ0) is 13.0. The van der Waals surface area contributed by atoms with Crippen LogP contribution in [0.15, 0.2) is 12.3 Å². The van der Waals surface area contributed by atoms with Gasteiger partial charge < -0.3 is 15.8 Å². The maximum atomic E-state index is 12.4. The molecule has 0 aliphatic carbocycles. The van der Waals surface area contributed by atoms with Gasteiger partial charge in [-0.2, -0.15) is 5.10 Å². The Bertz CT molecular complexity index is 416. The van der Waals surface area contributed by atoms with E-state index in [1.165, 1.54) is 0 Å². The Hall–Kier alpha value is -1.11. The molecule has 0 radical (unpaired) electrons. The van der Waals surface area contributed by atoms with Crippen molar-refractivity contribution in [3.63, 3.8) is 0 Å². The fourth-order valence-electron chi connectivity index (χ4n) is 2.23. The maximum absolute atomic E-state index is 12.4. The zero-order valence-corrected chi connectivity index (χ0v) is 11.9. The van der Waals surface area contributed by atoms with Gasteiger partial charge in [0, 0.05) is 32.4 Å². The Morgan fingerprint density at radius 1 is 1.58 bits per heavy atom. The Morgan fingerprint density at radius 2 is 2.26 bits per heavy atom. The van der Waals surface area contributed by atoms with Crippen LogP contribution in [0.1, 0.15) is 19.8 Å². The third-order valence-corrected chi connectivity index (χ3v) is 3.58. The SMILES string of the molecule is CCn1nccc1NC(=O)C1(CN)CCOCC1.Cl. The predicted octanol–water partition coefficient (Wildman–Crippen LogP) is 1.02. The molecule has 1 saturated heterocycles. The number of anilines is 1. The van der Waals surface area contributed by atoms with Gasteiger partial charge in [-0.1, -0.05) is 0 Å². The van der Waals surface area contributed by atoms with Crippen molar-refractivity contribution in [2.24, 2.45) is 11.1 Å². The molecule has 2 heterocycles. The van der Waals surface area contributed by atoms with Crippen molar-refractivity contribution in [1.82, 2.24) is 9.78 Å². The summed E-state index contributed by atoms with van der Waals surface area (Å²) in [7, 11) is 0. The number of carbonyl (C=O) groups is 1. The van der Waals surface area contributed by atoms with Crippen LogP contribution < -0.4 is 11.1 Å². The van der Waals surface area contributed by atoms with E-state index in [0.717, 1.165) is 12.4 Å². The highest BCUT2D eigenvalue weighted by atomic mass is 35.5. The van der Waals surface area contributed by atoms with Crippen molar-refractivity contribution in [2.75, 3.05) is 25.1 Å². The van der Waals surface area contributed by atoms with Crippen LogP contribution in [0.2, 0.25) is 0 Å². The summed E-state index contributed by atoms with van der Waals surface area (Å²) in [5.41, 5.74) is 5.30. The van der Waals surface area contributed by atoms with Crippen molar-refractivity contribution in [3.8, 4) is 0 Å². The Kier molecular flexibility index (Phi) is 5.78. The topological polar surface area (TPSA) is 82.2 Å². The summed E-state index contributed by atoms with van der Waals surface area (Å²) >= 11 is 0. The minimum Gasteiger partial charge on any atom is -0.381 e. The van der Waals surface area contributed by atoms with Gasteiger partial charge in [-0.3, -0.25) is 4.79 Å². The number of aromatic nitrogens is 2. The van der Waals surface area contributed by atoms with Gasteiger partial charge in [-0.05, 0) is 19.8 Å². The minimum absolute atomic E-state index is 0. The number of nitrogens with zero attached hydrogens (tertiary/aromatic N) is 2. The van der Waals surface area contributed by atoms with E-state index in [4.69, 9.17) is 10.5 Å². The number of carbonyl (C=O) groups excluding carboxylic acids is 1. The lowest BCUT2D eigenvalue weighted by atomic mass is 9.79. The molecular formula is C12H21ClN4O2. The van der Waals surface area contributed by atoms with E-state index in [1.54, 1.807) is 16.9 Å². The van der Waals surface area contributed by atoms with Gasteiger partial charge in [-0.25, -0.2) is 4.68 Å². The molecule has 1 aliphatic heterocycles. The molecule has 1 aromatic rings. The van der Waals surface area contributed by atoms with Gasteiger partial charge >= 0.3 is 0 Å². The molecule has 0 atom stereocenters. The first-order chi connectivity index (χ1) is 8.72. The van der Waals surface area contributed by atoms with Crippen LogP contribution in [0, 0.1) is 5.41 Å². The molecule has 1 amide bonds. The quantitative estimate of drug-likeness (QED) is 0.866. The Labute approximate surface area is 119 Å². The summed E-state index contributed by atoms with van der Waals surface area (Å²) in [4.78, 5) is 12.4. The fraction of sp³-hybridized carbons (Fsp3) is 0.667. The minimum atomic E-state index is -0.499. The number of amides is 1. The van der Waals surface area contributed by atoms with E-state index in [0.29, 0.717) is 32.6 Å². The van der Waals surface area contributed by atoms with Gasteiger partial charge in [0.1, 0.15) is 5.82 Å². The van der Waals surface area contributed by atoms with Crippen LogP contribution in [0.5, 0.6) is 0 Å². The van der Waals surface area contributed by atoms with E-state index in [9.17, 15) is 4.79 Å². The number of nitrogens with two attached hydrogens (primary N) is 1. The number of aryl methyl sites for hydroxylation is 1. The predicted molar refractivity (Wildman–Crippen MR) is 75.3 cm³/mol. The van der Waals surface area contributed by atoms with E-state index in [2.05, 4.69) is 10.4 Å². The van der Waals surface area contributed by atoms with Gasteiger partial charge in [0.25, 0.3) is 0 Å². The number of hydrogen-bond donors (Lipinski definition) is 2. The van der Waals surface area contributed by atoms with E-state index in [-0.39, 0.29) is 18.3 Å². The second kappa shape index (κ2) is 6.88. The molecule has 7 heteroatoms. The van der Waals surface area contributed by atoms with Crippen LogP contribution in [0.4, 0.5) is 5.82 Å². The lowest BCUT2D eigenvalue weighted by molar-refractivity contribution is -0.130. The summed E-state index contributed by atoms with van der Waals surface area (Å²) in [5.74, 6) is 0.699. The molecule has 1 aliphatic rings. The number of halogens is 1. The van der Waals surface area contributed by atoms with E-state index < -0.39 is 5.41 Å². The van der Waals surface area contributed by atoms with Crippen molar-refractivity contribution in [2.45, 2.75) is 26.3 Å². The first-order valence-electron chi connectivity index (χ1n) is 6.33. The molecule has 0 unspecified atom stereocenters. The van der Waals surface area contributed by atoms with Gasteiger partial charge in [0.2, 0.25) is 5.91 Å². The summed E-state index contributed by atoms with van der Waals surface area (Å²) < 4.78 is 7.06. The largest absolute Gasteiger partial charge is 0.381 e. The highest BCUT2D eigenvalue weighted by Crippen LogP contribution is 2.30. The van der Waals surface area contributed by atoms with Crippen molar-refractivity contribution < 1.29 is 9.53 Å². The smallest absolute Gasteiger partial charge is 0.233 e. The lowest BCUT2D eigenvalue weighted by Crippen LogP contribution is -2.46. The number of hydrogen-bond acceptors (Lipinski definition) is 4. The molecule has 6 nitrogen and oxygen atoms in total. The van der Waals surface area contributed by atoms with Crippen LogP contribution in [0.3, 0.4) is 0 Å². The summed E-state index contributed by atoms with van der Waals surface area (Å²) in [6.07, 6.45) is 3.03. The van der Waals surface area contributed by atoms with Crippen LogP contribution in [-0.4, -0.2) is 35.4 Å². The van der Waals surface area contributed by atoms with Crippen molar-refractivity contribution >= 4 is 24.1 Å². The second-order valence-electron chi connectivity index (χ2n) is 4.58. The third-order valence-electron chi connectivity index (χ3n) is 3.58. The van der Waals surface area contributed by atoms with E-state index >= 15 is 0 Å². The Balaban J connectivity index is 0.00000180. The highest BCUT2D eigenvalue weighted by molar-refractivity contribution is 5.94. The normalized spacial score (nSPS) is 17.6. The molecule has 1 aromatic heterocycles. The lowest BCUT2D eigenvalue weighted by Gasteiger charge is -2.34. The number of ether oxygens (including phenoxy) is 1. The standard InChI is InChI=1S/C12H20N4O2.ClH/c1-2-16-10(3-6-14-16)15-11(17)12(9-13)4-7-18-8-5-12;/h3,6H,2,4-5,7-9,13H2,1H3,(H,15,17);1H. The Morgan fingerprint density at radius 3 is 2.84 bits per heavy atom.